The second-order valence-electron chi connectivity index (χ2n) is 6.28. The summed E-state index contributed by atoms with van der Waals surface area (Å²) >= 11 is 0. The van der Waals surface area contributed by atoms with Crippen molar-refractivity contribution in [2.75, 3.05) is 6.54 Å². The molecule has 0 radical (unpaired) electrons. The van der Waals surface area contributed by atoms with Gasteiger partial charge < -0.3 is 20.4 Å². The molecule has 3 atom stereocenters. The normalized spacial score (nSPS) is 33.4. The molecule has 2 fully saturated rings. The molecule has 2 amide bonds. The van der Waals surface area contributed by atoms with Crippen molar-refractivity contribution in [3.8, 4) is 0 Å². The summed E-state index contributed by atoms with van der Waals surface area (Å²) in [6.07, 6.45) is 2.42. The summed E-state index contributed by atoms with van der Waals surface area (Å²) in [5, 5.41) is 21.6. The molecular weight excluding hydrogens is 248 g/mol. The Labute approximate surface area is 112 Å². The van der Waals surface area contributed by atoms with Gasteiger partial charge in [-0.05, 0) is 18.3 Å². The van der Waals surface area contributed by atoms with Gasteiger partial charge in [0.25, 0.3) is 0 Å². The van der Waals surface area contributed by atoms with Crippen molar-refractivity contribution < 1.29 is 19.8 Å². The van der Waals surface area contributed by atoms with Gasteiger partial charge in [-0.2, -0.15) is 0 Å². The summed E-state index contributed by atoms with van der Waals surface area (Å²) in [6, 6.07) is -1.21. The van der Waals surface area contributed by atoms with Crippen molar-refractivity contribution in [2.24, 2.45) is 5.41 Å². The number of carboxylic acid groups (broad SMARTS) is 1. The number of hydrogen-bond acceptors (Lipinski definition) is 3. The van der Waals surface area contributed by atoms with Gasteiger partial charge in [-0.25, -0.2) is 9.59 Å². The van der Waals surface area contributed by atoms with Crippen molar-refractivity contribution in [1.29, 1.82) is 0 Å². The van der Waals surface area contributed by atoms with Crippen molar-refractivity contribution in [2.45, 2.75) is 57.7 Å². The quantitative estimate of drug-likeness (QED) is 0.692. The summed E-state index contributed by atoms with van der Waals surface area (Å²) < 4.78 is 0. The van der Waals surface area contributed by atoms with E-state index in [-0.39, 0.29) is 30.5 Å². The monoisotopic (exact) mass is 270 g/mol. The number of aliphatic carboxylic acids is 1. The lowest BCUT2D eigenvalue weighted by molar-refractivity contribution is -0.141. The Hall–Kier alpha value is -1.30. The number of rotatable bonds is 2. The molecule has 0 aromatic heterocycles. The number of urea groups is 1. The number of carbonyl (C=O) groups excluding carboxylic acids is 1. The van der Waals surface area contributed by atoms with Crippen LogP contribution in [0.1, 0.15) is 39.5 Å². The fourth-order valence-corrected chi connectivity index (χ4v) is 3.10. The van der Waals surface area contributed by atoms with E-state index < -0.39 is 18.1 Å². The molecule has 3 unspecified atom stereocenters. The fraction of sp³-hybridized carbons (Fsp3) is 0.846. The summed E-state index contributed by atoms with van der Waals surface area (Å²) in [7, 11) is 0. The van der Waals surface area contributed by atoms with E-state index in [1.165, 1.54) is 4.90 Å². The molecule has 19 heavy (non-hydrogen) atoms. The lowest BCUT2D eigenvalue weighted by Gasteiger charge is -2.31. The Kier molecular flexibility index (Phi) is 3.71. The van der Waals surface area contributed by atoms with Gasteiger partial charge in [-0.3, -0.25) is 0 Å². The van der Waals surface area contributed by atoms with Gasteiger partial charge in [-0.1, -0.05) is 20.3 Å². The Balaban J connectivity index is 2.01. The van der Waals surface area contributed by atoms with Crippen LogP contribution in [0.4, 0.5) is 4.79 Å². The van der Waals surface area contributed by atoms with Crippen molar-refractivity contribution >= 4 is 12.0 Å². The summed E-state index contributed by atoms with van der Waals surface area (Å²) in [6.45, 7) is 4.31. The first kappa shape index (κ1) is 14.1. The molecule has 0 aromatic rings. The van der Waals surface area contributed by atoms with Crippen LogP contribution in [-0.4, -0.2) is 51.8 Å². The van der Waals surface area contributed by atoms with Crippen LogP contribution in [0.25, 0.3) is 0 Å². The van der Waals surface area contributed by atoms with E-state index in [1.54, 1.807) is 0 Å². The highest BCUT2D eigenvalue weighted by Crippen LogP contribution is 2.37. The highest BCUT2D eigenvalue weighted by Gasteiger charge is 2.42. The Morgan fingerprint density at radius 2 is 2.05 bits per heavy atom. The molecule has 3 N–H and O–H groups in total. The molecule has 6 heteroatoms. The first-order valence-electron chi connectivity index (χ1n) is 6.79. The molecule has 0 bridgehead atoms. The van der Waals surface area contributed by atoms with E-state index in [9.17, 15) is 14.7 Å². The van der Waals surface area contributed by atoms with Crippen LogP contribution in [0.5, 0.6) is 0 Å². The molecule has 0 spiro atoms. The number of nitrogens with one attached hydrogen (secondary N) is 1. The number of amides is 2. The Morgan fingerprint density at radius 1 is 1.37 bits per heavy atom. The molecule has 1 saturated carbocycles. The standard InChI is InChI=1S/C13H22N2O4/c1-13(2)5-3-4-10(13)14-12(19)15-7-8(16)6-9(15)11(17)18/h8-10,16H,3-7H2,1-2H3,(H,14,19)(H,17,18). The largest absolute Gasteiger partial charge is 0.480 e. The van der Waals surface area contributed by atoms with Gasteiger partial charge in [0.15, 0.2) is 0 Å². The van der Waals surface area contributed by atoms with E-state index in [2.05, 4.69) is 19.2 Å². The van der Waals surface area contributed by atoms with Gasteiger partial charge >= 0.3 is 12.0 Å². The van der Waals surface area contributed by atoms with Crippen LogP contribution in [0, 0.1) is 5.41 Å². The summed E-state index contributed by atoms with van der Waals surface area (Å²) in [4.78, 5) is 24.5. The maximum atomic E-state index is 12.2. The predicted molar refractivity (Wildman–Crippen MR) is 68.7 cm³/mol. The van der Waals surface area contributed by atoms with Crippen molar-refractivity contribution in [1.82, 2.24) is 10.2 Å². The lowest BCUT2D eigenvalue weighted by atomic mass is 9.87. The van der Waals surface area contributed by atoms with Gasteiger partial charge in [0.2, 0.25) is 0 Å². The van der Waals surface area contributed by atoms with E-state index in [1.807, 2.05) is 0 Å². The smallest absolute Gasteiger partial charge is 0.326 e. The number of carboxylic acids is 1. The van der Waals surface area contributed by atoms with Crippen molar-refractivity contribution in [3.05, 3.63) is 0 Å². The third-order valence-corrected chi connectivity index (χ3v) is 4.38. The average Bonchev–Trinajstić information content (AvgIpc) is 2.83. The average molecular weight is 270 g/mol. The Morgan fingerprint density at radius 3 is 2.58 bits per heavy atom. The van der Waals surface area contributed by atoms with Gasteiger partial charge in [0.1, 0.15) is 6.04 Å². The van der Waals surface area contributed by atoms with Crippen LogP contribution >= 0.6 is 0 Å². The zero-order valence-electron chi connectivity index (χ0n) is 11.4. The van der Waals surface area contributed by atoms with Crippen molar-refractivity contribution in [3.63, 3.8) is 0 Å². The third-order valence-electron chi connectivity index (χ3n) is 4.38. The summed E-state index contributed by atoms with van der Waals surface area (Å²) in [5.41, 5.74) is 0.0483. The minimum atomic E-state index is -1.06. The molecule has 108 valence electrons. The number of hydrogen-bond donors (Lipinski definition) is 3. The second-order valence-corrected chi connectivity index (χ2v) is 6.28. The number of aliphatic hydroxyl groups is 1. The first-order chi connectivity index (χ1) is 8.81. The molecule has 1 heterocycles. The molecule has 0 aromatic carbocycles. The minimum Gasteiger partial charge on any atom is -0.480 e. The molecule has 1 aliphatic carbocycles. The van der Waals surface area contributed by atoms with Crippen LogP contribution in [0.2, 0.25) is 0 Å². The van der Waals surface area contributed by atoms with E-state index in [4.69, 9.17) is 5.11 Å². The second kappa shape index (κ2) is 5.00. The van der Waals surface area contributed by atoms with Crippen LogP contribution in [-0.2, 0) is 4.79 Å². The predicted octanol–water partition coefficient (Wildman–Crippen LogP) is 0.794. The first-order valence-corrected chi connectivity index (χ1v) is 6.79. The molecule has 1 aliphatic heterocycles. The zero-order valence-corrected chi connectivity index (χ0v) is 11.4. The molecule has 6 nitrogen and oxygen atoms in total. The van der Waals surface area contributed by atoms with Crippen LogP contribution in [0.3, 0.4) is 0 Å². The van der Waals surface area contributed by atoms with Gasteiger partial charge in [-0.15, -0.1) is 0 Å². The highest BCUT2D eigenvalue weighted by atomic mass is 16.4. The molecule has 1 saturated heterocycles. The highest BCUT2D eigenvalue weighted by molar-refractivity contribution is 5.83. The van der Waals surface area contributed by atoms with E-state index in [0.29, 0.717) is 0 Å². The number of nitrogens with zero attached hydrogens (tertiary/aromatic N) is 1. The number of aliphatic hydroxyl groups excluding tert-OH is 1. The molecule has 2 rings (SSSR count). The van der Waals surface area contributed by atoms with E-state index >= 15 is 0 Å². The topological polar surface area (TPSA) is 89.9 Å². The van der Waals surface area contributed by atoms with Crippen LogP contribution in [0.15, 0.2) is 0 Å². The Bertz CT molecular complexity index is 383. The number of β-amino-alcohol motifs (C(OH)–C–C–N with tert-alkyl or cyclic N) is 1. The van der Waals surface area contributed by atoms with E-state index in [0.717, 1.165) is 19.3 Å². The van der Waals surface area contributed by atoms with Gasteiger partial charge in [0.05, 0.1) is 6.10 Å². The SMILES string of the molecule is CC1(C)CCCC1NC(=O)N1CC(O)CC1C(=O)O. The maximum Gasteiger partial charge on any atom is 0.326 e. The van der Waals surface area contributed by atoms with Crippen LogP contribution < -0.4 is 5.32 Å². The van der Waals surface area contributed by atoms with Gasteiger partial charge in [0, 0.05) is 19.0 Å². The molecule has 2 aliphatic rings. The molecular formula is C13H22N2O4. The minimum absolute atomic E-state index is 0.0483. The maximum absolute atomic E-state index is 12.2. The number of likely N-dealkylation sites (tertiary alicyclic amines) is 1. The number of carbonyl (C=O) groups is 2. The third kappa shape index (κ3) is 2.83. The summed E-state index contributed by atoms with van der Waals surface area (Å²) in [5.74, 6) is -1.06. The lowest BCUT2D eigenvalue weighted by Crippen LogP contribution is -2.51. The fourth-order valence-electron chi connectivity index (χ4n) is 3.10. The zero-order chi connectivity index (χ0) is 14.2.